The van der Waals surface area contributed by atoms with Crippen LogP contribution in [-0.4, -0.2) is 27.9 Å². The van der Waals surface area contributed by atoms with Crippen molar-refractivity contribution in [2.45, 2.75) is 34.2 Å². The molecule has 0 N–H and O–H groups in total. The molecule has 4 amide bonds. The number of urea groups is 1. The molecule has 1 aliphatic heterocycles. The molecule has 1 aromatic heterocycles. The molecular formula is C17H17N3O4. The van der Waals surface area contributed by atoms with E-state index in [2.05, 4.69) is 5.16 Å². The third-order valence-electron chi connectivity index (χ3n) is 4.14. The first kappa shape index (κ1) is 15.9. The van der Waals surface area contributed by atoms with Gasteiger partial charge in [0.15, 0.2) is 0 Å². The van der Waals surface area contributed by atoms with Crippen LogP contribution in [0.4, 0.5) is 10.5 Å². The molecule has 1 fully saturated rings. The summed E-state index contributed by atoms with van der Waals surface area (Å²) in [5.41, 5.74) is 3.40. The molecule has 1 saturated heterocycles. The molecule has 124 valence electrons. The predicted molar refractivity (Wildman–Crippen MR) is 85.3 cm³/mol. The van der Waals surface area contributed by atoms with Crippen LogP contribution in [0.15, 0.2) is 22.7 Å². The molecule has 2 heterocycles. The number of anilines is 1. The molecule has 0 saturated carbocycles. The van der Waals surface area contributed by atoms with Crippen molar-refractivity contribution in [3.05, 3.63) is 46.3 Å². The first-order valence-electron chi connectivity index (χ1n) is 7.50. The van der Waals surface area contributed by atoms with Crippen LogP contribution in [0.25, 0.3) is 0 Å². The fourth-order valence-electron chi connectivity index (χ4n) is 2.80. The van der Waals surface area contributed by atoms with E-state index in [4.69, 9.17) is 4.52 Å². The zero-order chi connectivity index (χ0) is 17.6. The van der Waals surface area contributed by atoms with E-state index >= 15 is 0 Å². The van der Waals surface area contributed by atoms with Crippen LogP contribution in [0.3, 0.4) is 0 Å². The Bertz CT molecular complexity index is 849. The number of amides is 4. The average molecular weight is 327 g/mol. The third kappa shape index (κ3) is 2.38. The van der Waals surface area contributed by atoms with Gasteiger partial charge in [-0.25, -0.2) is 9.69 Å². The van der Waals surface area contributed by atoms with E-state index in [0.29, 0.717) is 22.7 Å². The first-order valence-corrected chi connectivity index (χ1v) is 7.50. The van der Waals surface area contributed by atoms with E-state index in [1.54, 1.807) is 32.9 Å². The number of imide groups is 2. The molecule has 1 aliphatic rings. The molecular weight excluding hydrogens is 310 g/mol. The molecule has 7 nitrogen and oxygen atoms in total. The van der Waals surface area contributed by atoms with Crippen molar-refractivity contribution in [2.24, 2.45) is 0 Å². The van der Waals surface area contributed by atoms with Crippen LogP contribution < -0.4 is 4.90 Å². The van der Waals surface area contributed by atoms with E-state index in [-0.39, 0.29) is 6.54 Å². The number of aromatic nitrogens is 1. The number of nitrogens with zero attached hydrogens (tertiary/aromatic N) is 3. The summed E-state index contributed by atoms with van der Waals surface area (Å²) in [6, 6.07) is 4.67. The zero-order valence-corrected chi connectivity index (χ0v) is 13.9. The van der Waals surface area contributed by atoms with Gasteiger partial charge in [0.05, 0.1) is 17.9 Å². The van der Waals surface area contributed by atoms with Gasteiger partial charge in [0.1, 0.15) is 5.76 Å². The van der Waals surface area contributed by atoms with E-state index in [9.17, 15) is 14.4 Å². The Labute approximate surface area is 138 Å². The lowest BCUT2D eigenvalue weighted by Crippen LogP contribution is -2.33. The summed E-state index contributed by atoms with van der Waals surface area (Å²) in [6.07, 6.45) is 0. The molecule has 0 bridgehead atoms. The SMILES string of the molecule is Cc1ccc(N2C(=O)C(=O)N(Cc3c(C)noc3C)C2=O)c(C)c1. The minimum Gasteiger partial charge on any atom is -0.361 e. The lowest BCUT2D eigenvalue weighted by Gasteiger charge is -2.17. The molecule has 0 unspecified atom stereocenters. The van der Waals surface area contributed by atoms with E-state index in [1.165, 1.54) is 0 Å². The van der Waals surface area contributed by atoms with Gasteiger partial charge in [0, 0.05) is 5.56 Å². The summed E-state index contributed by atoms with van der Waals surface area (Å²) in [4.78, 5) is 39.1. The number of carbonyl (C=O) groups is 3. The lowest BCUT2D eigenvalue weighted by atomic mass is 10.1. The lowest BCUT2D eigenvalue weighted by molar-refractivity contribution is -0.139. The second-order valence-electron chi connectivity index (χ2n) is 5.91. The van der Waals surface area contributed by atoms with Gasteiger partial charge in [-0.1, -0.05) is 22.9 Å². The quantitative estimate of drug-likeness (QED) is 0.638. The van der Waals surface area contributed by atoms with Gasteiger partial charge in [0.25, 0.3) is 0 Å². The van der Waals surface area contributed by atoms with Crippen molar-refractivity contribution >= 4 is 23.5 Å². The zero-order valence-electron chi connectivity index (χ0n) is 13.9. The minimum absolute atomic E-state index is 0.0357. The molecule has 2 aromatic rings. The van der Waals surface area contributed by atoms with Crippen LogP contribution in [0.2, 0.25) is 0 Å². The standard InChI is InChI=1S/C17H17N3O4/c1-9-5-6-14(10(2)7-9)20-16(22)15(21)19(17(20)23)8-13-11(3)18-24-12(13)4/h5-7H,8H2,1-4H3. The molecule has 0 radical (unpaired) electrons. The van der Waals surface area contributed by atoms with Crippen molar-refractivity contribution in [1.82, 2.24) is 10.1 Å². The smallest absolute Gasteiger partial charge is 0.339 e. The summed E-state index contributed by atoms with van der Waals surface area (Å²) in [7, 11) is 0. The Kier molecular flexibility index (Phi) is 3.71. The van der Waals surface area contributed by atoms with Crippen molar-refractivity contribution in [3.63, 3.8) is 0 Å². The summed E-state index contributed by atoms with van der Waals surface area (Å²) in [5, 5.41) is 3.81. The van der Waals surface area contributed by atoms with Gasteiger partial charge in [-0.3, -0.25) is 14.5 Å². The average Bonchev–Trinajstić information content (AvgIpc) is 2.94. The summed E-state index contributed by atoms with van der Waals surface area (Å²) in [6.45, 7) is 7.10. The van der Waals surface area contributed by atoms with Crippen LogP contribution in [-0.2, 0) is 16.1 Å². The maximum absolute atomic E-state index is 12.7. The molecule has 7 heteroatoms. The second kappa shape index (κ2) is 5.59. The monoisotopic (exact) mass is 327 g/mol. The predicted octanol–water partition coefficient (Wildman–Crippen LogP) is 2.40. The van der Waals surface area contributed by atoms with Crippen LogP contribution >= 0.6 is 0 Å². The number of aryl methyl sites for hydroxylation is 4. The second-order valence-corrected chi connectivity index (χ2v) is 5.91. The number of rotatable bonds is 3. The summed E-state index contributed by atoms with van der Waals surface area (Å²) >= 11 is 0. The van der Waals surface area contributed by atoms with Gasteiger partial charge in [0.2, 0.25) is 0 Å². The molecule has 1 aromatic carbocycles. The van der Waals surface area contributed by atoms with E-state index in [0.717, 1.165) is 20.9 Å². The Morgan fingerprint density at radius 3 is 2.33 bits per heavy atom. The van der Waals surface area contributed by atoms with E-state index in [1.807, 2.05) is 13.0 Å². The third-order valence-corrected chi connectivity index (χ3v) is 4.14. The van der Waals surface area contributed by atoms with Crippen molar-refractivity contribution in [3.8, 4) is 0 Å². The largest absolute Gasteiger partial charge is 0.361 e. The normalized spacial score (nSPS) is 14.9. The molecule has 3 rings (SSSR count). The fourth-order valence-corrected chi connectivity index (χ4v) is 2.80. The Morgan fingerprint density at radius 1 is 1.04 bits per heavy atom. The van der Waals surface area contributed by atoms with Crippen LogP contribution in [0.1, 0.15) is 28.1 Å². The van der Waals surface area contributed by atoms with Gasteiger partial charge < -0.3 is 4.52 Å². The highest BCUT2D eigenvalue weighted by Gasteiger charge is 2.46. The minimum atomic E-state index is -0.848. The fraction of sp³-hybridized carbons (Fsp3) is 0.294. The number of hydrogen-bond acceptors (Lipinski definition) is 5. The van der Waals surface area contributed by atoms with Gasteiger partial charge in [-0.05, 0) is 39.3 Å². The topological polar surface area (TPSA) is 83.7 Å². The number of benzene rings is 1. The van der Waals surface area contributed by atoms with Gasteiger partial charge >= 0.3 is 17.8 Å². The maximum atomic E-state index is 12.7. The van der Waals surface area contributed by atoms with Crippen molar-refractivity contribution < 1.29 is 18.9 Å². The van der Waals surface area contributed by atoms with Crippen molar-refractivity contribution in [2.75, 3.05) is 4.90 Å². The van der Waals surface area contributed by atoms with Crippen molar-refractivity contribution in [1.29, 1.82) is 0 Å². The molecule has 0 aliphatic carbocycles. The van der Waals surface area contributed by atoms with Crippen LogP contribution in [0.5, 0.6) is 0 Å². The number of carbonyl (C=O) groups excluding carboxylic acids is 3. The van der Waals surface area contributed by atoms with Gasteiger partial charge in [-0.2, -0.15) is 0 Å². The molecule has 0 atom stereocenters. The highest BCUT2D eigenvalue weighted by atomic mass is 16.5. The Hall–Kier alpha value is -2.96. The highest BCUT2D eigenvalue weighted by molar-refractivity contribution is 6.52. The maximum Gasteiger partial charge on any atom is 0.339 e. The molecule has 0 spiro atoms. The molecule has 24 heavy (non-hydrogen) atoms. The highest BCUT2D eigenvalue weighted by Crippen LogP contribution is 2.28. The Morgan fingerprint density at radius 2 is 1.75 bits per heavy atom. The van der Waals surface area contributed by atoms with Gasteiger partial charge in [-0.15, -0.1) is 0 Å². The first-order chi connectivity index (χ1) is 11.3. The number of hydrogen-bond donors (Lipinski definition) is 0. The summed E-state index contributed by atoms with van der Waals surface area (Å²) in [5.74, 6) is -1.18. The Balaban J connectivity index is 1.96. The van der Waals surface area contributed by atoms with Crippen LogP contribution in [0, 0.1) is 27.7 Å². The summed E-state index contributed by atoms with van der Waals surface area (Å²) < 4.78 is 5.05. The van der Waals surface area contributed by atoms with E-state index < -0.39 is 17.8 Å².